The first-order valence-corrected chi connectivity index (χ1v) is 3.17. The van der Waals surface area contributed by atoms with Crippen LogP contribution in [0.25, 0.3) is 0 Å². The molecule has 3 nitrogen and oxygen atoms in total. The van der Waals surface area contributed by atoms with Gasteiger partial charge in [0.1, 0.15) is 0 Å². The summed E-state index contributed by atoms with van der Waals surface area (Å²) in [5.74, 6) is 0. The average Bonchev–Trinajstić information content (AvgIpc) is 1.69. The van der Waals surface area contributed by atoms with Crippen molar-refractivity contribution >= 4 is 19.5 Å². The maximum Gasteiger partial charge on any atom is 0.361 e. The van der Waals surface area contributed by atoms with Crippen LogP contribution in [0.15, 0.2) is 0 Å². The minimum atomic E-state index is -0.183. The second kappa shape index (κ2) is 5.37. The van der Waals surface area contributed by atoms with Gasteiger partial charge < -0.3 is 4.12 Å². The summed E-state index contributed by atoms with van der Waals surface area (Å²) < 4.78 is 4.47. The van der Waals surface area contributed by atoms with Gasteiger partial charge in [-0.3, -0.25) is 0 Å². The van der Waals surface area contributed by atoms with Crippen molar-refractivity contribution in [1.29, 1.82) is 10.5 Å². The van der Waals surface area contributed by atoms with Gasteiger partial charge >= 0.3 is 19.5 Å². The average molecular weight is 124 g/mol. The summed E-state index contributed by atoms with van der Waals surface area (Å²) in [5, 5.41) is 15.7. The van der Waals surface area contributed by atoms with Gasteiger partial charge in [-0.1, -0.05) is 0 Å². The lowest BCUT2D eigenvalue weighted by atomic mass is 11.8. The molecule has 0 fully saturated rings. The zero-order chi connectivity index (χ0) is 5.54. The fourth-order valence-electron chi connectivity index (χ4n) is 0.0712. The first kappa shape index (κ1) is 6.37. The lowest BCUT2D eigenvalue weighted by Crippen LogP contribution is -1.98. The molecule has 0 aliphatic rings. The molecule has 0 heterocycles. The maximum absolute atomic E-state index is 7.83. The normalized spacial score (nSPS) is 6.57. The van der Waals surface area contributed by atoms with Gasteiger partial charge in [-0.2, -0.15) is 0 Å². The molecular formula is C2N2OSi2. The van der Waals surface area contributed by atoms with E-state index in [1.54, 1.807) is 11.4 Å². The van der Waals surface area contributed by atoms with Crippen LogP contribution in [-0.4, -0.2) is 19.5 Å². The van der Waals surface area contributed by atoms with Crippen molar-refractivity contribution in [2.45, 2.75) is 0 Å². The van der Waals surface area contributed by atoms with Gasteiger partial charge in [0.15, 0.2) is 0 Å². The third-order valence-corrected chi connectivity index (χ3v) is 1.19. The summed E-state index contributed by atoms with van der Waals surface area (Å²) in [4.78, 5) is 0. The Hall–Kier alpha value is -0.626. The molecule has 0 unspecified atom stereocenters. The van der Waals surface area contributed by atoms with E-state index in [0.29, 0.717) is 0 Å². The summed E-state index contributed by atoms with van der Waals surface area (Å²) in [5.41, 5.74) is 3.53. The largest absolute Gasteiger partial charge is 0.434 e. The molecule has 0 bridgehead atoms. The number of hydrogen-bond donors (Lipinski definition) is 0. The first-order valence-electron chi connectivity index (χ1n) is 1.36. The molecule has 0 aromatic rings. The lowest BCUT2D eigenvalue weighted by Gasteiger charge is -1.76. The molecule has 0 aliphatic carbocycles. The monoisotopic (exact) mass is 124 g/mol. The summed E-state index contributed by atoms with van der Waals surface area (Å²) >= 11 is 0. The molecule has 0 aromatic carbocycles. The third kappa shape index (κ3) is 5.37. The van der Waals surface area contributed by atoms with Crippen molar-refractivity contribution in [3.63, 3.8) is 0 Å². The van der Waals surface area contributed by atoms with E-state index in [1.165, 1.54) is 0 Å². The molecule has 0 atom stereocenters. The molecule has 0 rings (SSSR count). The van der Waals surface area contributed by atoms with Gasteiger partial charge in [0.2, 0.25) is 0 Å². The second-order valence-corrected chi connectivity index (χ2v) is 2.20. The molecule has 7 heavy (non-hydrogen) atoms. The zero-order valence-corrected chi connectivity index (χ0v) is 5.30. The van der Waals surface area contributed by atoms with Crippen molar-refractivity contribution in [2.75, 3.05) is 0 Å². The Balaban J connectivity index is 2.77. The predicted molar refractivity (Wildman–Crippen MR) is 23.8 cm³/mol. The van der Waals surface area contributed by atoms with Gasteiger partial charge in [0, 0.05) is 0 Å². The van der Waals surface area contributed by atoms with Gasteiger partial charge in [-0.05, 0) is 0 Å². The van der Waals surface area contributed by atoms with E-state index in [0.717, 1.165) is 0 Å². The molecule has 0 saturated heterocycles. The summed E-state index contributed by atoms with van der Waals surface area (Å²) in [6, 6.07) is 0. The van der Waals surface area contributed by atoms with E-state index in [9.17, 15) is 0 Å². The Kier molecular flexibility index (Phi) is 4.89. The maximum atomic E-state index is 7.83. The van der Waals surface area contributed by atoms with Crippen LogP contribution in [0, 0.1) is 21.9 Å². The van der Waals surface area contributed by atoms with E-state index in [2.05, 4.69) is 4.12 Å². The zero-order valence-electron chi connectivity index (χ0n) is 3.30. The van der Waals surface area contributed by atoms with Crippen LogP contribution < -0.4 is 0 Å². The van der Waals surface area contributed by atoms with Crippen molar-refractivity contribution < 1.29 is 4.12 Å². The highest BCUT2D eigenvalue weighted by molar-refractivity contribution is 6.52. The molecule has 5 heteroatoms. The SMILES string of the molecule is N#C[Si]O[Si]C#N. The molecule has 32 valence electrons. The highest BCUT2D eigenvalue weighted by Crippen LogP contribution is 1.58. The van der Waals surface area contributed by atoms with Crippen molar-refractivity contribution in [3.05, 3.63) is 0 Å². The van der Waals surface area contributed by atoms with E-state index < -0.39 is 0 Å². The van der Waals surface area contributed by atoms with Crippen LogP contribution >= 0.6 is 0 Å². The predicted octanol–water partition coefficient (Wildman–Crippen LogP) is -0.796. The highest BCUT2D eigenvalue weighted by Gasteiger charge is 1.85. The number of hydrogen-bond acceptors (Lipinski definition) is 3. The van der Waals surface area contributed by atoms with Crippen LogP contribution in [0.1, 0.15) is 0 Å². The van der Waals surface area contributed by atoms with Gasteiger partial charge in [0.05, 0.1) is 11.4 Å². The van der Waals surface area contributed by atoms with Crippen LogP contribution in [0.5, 0.6) is 0 Å². The van der Waals surface area contributed by atoms with E-state index in [-0.39, 0.29) is 19.5 Å². The standard InChI is InChI=1S/C2N2OSi2/c3-1-6-5-7-2-4. The first-order chi connectivity index (χ1) is 3.41. The van der Waals surface area contributed by atoms with Crippen LogP contribution in [0.4, 0.5) is 0 Å². The Morgan fingerprint density at radius 1 is 1.14 bits per heavy atom. The topological polar surface area (TPSA) is 56.8 Å². The fraction of sp³-hybridized carbons (Fsp3) is 0. The van der Waals surface area contributed by atoms with Crippen LogP contribution in [0.2, 0.25) is 0 Å². The number of rotatable bonds is 2. The number of nitrogens with zero attached hydrogens (tertiary/aromatic N) is 2. The van der Waals surface area contributed by atoms with Gasteiger partial charge in [0.25, 0.3) is 0 Å². The molecule has 0 aromatic heterocycles. The molecule has 4 radical (unpaired) electrons. The third-order valence-electron chi connectivity index (χ3n) is 0.193. The molecule has 0 saturated carbocycles. The summed E-state index contributed by atoms with van der Waals surface area (Å²) in [6.07, 6.45) is 0. The minimum Gasteiger partial charge on any atom is -0.434 e. The van der Waals surface area contributed by atoms with E-state index in [4.69, 9.17) is 10.5 Å². The minimum absolute atomic E-state index is 0.183. The Bertz CT molecular complexity index is 97.8. The highest BCUT2D eigenvalue weighted by atomic mass is 28.3. The number of nitriles is 2. The van der Waals surface area contributed by atoms with Crippen molar-refractivity contribution in [2.24, 2.45) is 0 Å². The summed E-state index contributed by atoms with van der Waals surface area (Å²) in [6.45, 7) is 0. The summed E-state index contributed by atoms with van der Waals surface area (Å²) in [7, 11) is -0.366. The van der Waals surface area contributed by atoms with Crippen LogP contribution in [0.3, 0.4) is 0 Å². The van der Waals surface area contributed by atoms with Crippen LogP contribution in [-0.2, 0) is 4.12 Å². The molecule has 0 amide bonds. The molecule has 0 spiro atoms. The smallest absolute Gasteiger partial charge is 0.361 e. The fourth-order valence-corrected chi connectivity index (χ4v) is 0.640. The van der Waals surface area contributed by atoms with E-state index in [1.807, 2.05) is 0 Å². The Morgan fingerprint density at radius 2 is 1.57 bits per heavy atom. The molecular weight excluding hydrogens is 124 g/mol. The lowest BCUT2D eigenvalue weighted by molar-refractivity contribution is 0.664. The van der Waals surface area contributed by atoms with E-state index >= 15 is 0 Å². The quantitative estimate of drug-likeness (QED) is 0.358. The molecule has 0 aliphatic heterocycles. The van der Waals surface area contributed by atoms with Crippen molar-refractivity contribution in [1.82, 2.24) is 0 Å². The Morgan fingerprint density at radius 3 is 1.86 bits per heavy atom. The second-order valence-electron chi connectivity index (χ2n) is 0.530. The van der Waals surface area contributed by atoms with Gasteiger partial charge in [-0.25, -0.2) is 10.5 Å². The molecule has 0 N–H and O–H groups in total. The van der Waals surface area contributed by atoms with Gasteiger partial charge in [-0.15, -0.1) is 0 Å². The van der Waals surface area contributed by atoms with Crippen molar-refractivity contribution in [3.8, 4) is 11.4 Å². The Labute approximate surface area is 46.4 Å².